The van der Waals surface area contributed by atoms with Crippen molar-refractivity contribution in [3.8, 4) is 0 Å². The Morgan fingerprint density at radius 2 is 1.74 bits per heavy atom. The average molecular weight is 374 g/mol. The molecule has 1 fully saturated rings. The number of ether oxygens (including phenoxy) is 1. The van der Waals surface area contributed by atoms with Gasteiger partial charge in [0.05, 0.1) is 6.61 Å². The molecule has 1 aliphatic rings. The number of hydrogen-bond donors (Lipinski definition) is 1. The van der Waals surface area contributed by atoms with Gasteiger partial charge in [-0.1, -0.05) is 44.0 Å². The van der Waals surface area contributed by atoms with Gasteiger partial charge in [0.1, 0.15) is 0 Å². The maximum atomic E-state index is 12.7. The molecule has 0 saturated heterocycles. The normalized spacial score (nSPS) is 19.6. The minimum atomic E-state index is -0.0891. The van der Waals surface area contributed by atoms with Crippen LogP contribution in [0.2, 0.25) is 0 Å². The van der Waals surface area contributed by atoms with E-state index in [0.29, 0.717) is 18.9 Å². The molecule has 1 saturated carbocycles. The second kappa shape index (κ2) is 11.9. The van der Waals surface area contributed by atoms with Crippen molar-refractivity contribution in [2.45, 2.75) is 71.1 Å². The van der Waals surface area contributed by atoms with E-state index in [1.807, 2.05) is 24.3 Å². The van der Waals surface area contributed by atoms with Crippen LogP contribution >= 0.6 is 0 Å². The molecule has 0 aliphatic heterocycles. The van der Waals surface area contributed by atoms with Gasteiger partial charge in [-0.3, -0.25) is 9.59 Å². The number of carbonyl (C=O) groups is 2. The molecule has 0 unspecified atom stereocenters. The van der Waals surface area contributed by atoms with Crippen molar-refractivity contribution < 1.29 is 14.3 Å². The topological polar surface area (TPSA) is 69.4 Å². The van der Waals surface area contributed by atoms with Crippen LogP contribution in [0.4, 0.5) is 0 Å². The Balaban J connectivity index is 1.69. The van der Waals surface area contributed by atoms with E-state index in [9.17, 15) is 9.59 Å². The van der Waals surface area contributed by atoms with Gasteiger partial charge in [-0.15, -0.1) is 0 Å². The van der Waals surface area contributed by atoms with Crippen molar-refractivity contribution in [3.05, 3.63) is 35.4 Å². The number of hydrogen-bond acceptors (Lipinski definition) is 4. The number of esters is 1. The fourth-order valence-electron chi connectivity index (χ4n) is 3.79. The number of Topliss-reactive ketones (excluding diaryl/α,β-unsaturated/α-hetero) is 1. The van der Waals surface area contributed by atoms with E-state index in [4.69, 9.17) is 10.5 Å². The summed E-state index contributed by atoms with van der Waals surface area (Å²) < 4.78 is 5.27. The van der Waals surface area contributed by atoms with Crippen molar-refractivity contribution in [2.75, 3.05) is 13.2 Å². The molecule has 4 heteroatoms. The number of ketones is 1. The lowest BCUT2D eigenvalue weighted by Crippen LogP contribution is -2.25. The summed E-state index contributed by atoms with van der Waals surface area (Å²) in [7, 11) is 0. The summed E-state index contributed by atoms with van der Waals surface area (Å²) in [6.07, 6.45) is 9.38. The second-order valence-corrected chi connectivity index (χ2v) is 7.80. The first-order valence-corrected chi connectivity index (χ1v) is 10.6. The van der Waals surface area contributed by atoms with Crippen molar-refractivity contribution in [3.63, 3.8) is 0 Å². The van der Waals surface area contributed by atoms with Crippen LogP contribution in [0.25, 0.3) is 0 Å². The molecule has 0 heterocycles. The molecule has 0 atom stereocenters. The Morgan fingerprint density at radius 1 is 1.04 bits per heavy atom. The molecule has 1 aliphatic carbocycles. The largest absolute Gasteiger partial charge is 0.466 e. The van der Waals surface area contributed by atoms with Gasteiger partial charge in [0.25, 0.3) is 0 Å². The summed E-state index contributed by atoms with van der Waals surface area (Å²) in [5.74, 6) is 0.940. The highest BCUT2D eigenvalue weighted by molar-refractivity contribution is 5.97. The molecule has 1 aromatic rings. The molecular formula is C23H35NO3. The molecule has 2 rings (SSSR count). The van der Waals surface area contributed by atoms with E-state index in [1.165, 1.54) is 5.56 Å². The third kappa shape index (κ3) is 7.45. The number of carbonyl (C=O) groups excluding carboxylic acids is 2. The Morgan fingerprint density at radius 3 is 2.37 bits per heavy atom. The van der Waals surface area contributed by atoms with Crippen molar-refractivity contribution >= 4 is 11.8 Å². The summed E-state index contributed by atoms with van der Waals surface area (Å²) in [5.41, 5.74) is 7.73. The standard InChI is InChI=1S/C23H35NO3/c1-2-3-4-7-22(25)27-16-5-6-18-8-12-20(13-9-18)23(26)21-14-10-19(17-24)11-15-21/h8-9,12-13,19,21H,2-7,10-11,14-17,24H2,1H3. The van der Waals surface area contributed by atoms with Gasteiger partial charge < -0.3 is 10.5 Å². The number of unbranched alkanes of at least 4 members (excludes halogenated alkanes) is 2. The smallest absolute Gasteiger partial charge is 0.305 e. The average Bonchev–Trinajstić information content (AvgIpc) is 2.71. The highest BCUT2D eigenvalue weighted by Gasteiger charge is 2.26. The Labute approximate surface area is 163 Å². The van der Waals surface area contributed by atoms with Crippen LogP contribution in [0.5, 0.6) is 0 Å². The number of benzene rings is 1. The molecule has 0 amide bonds. The van der Waals surface area contributed by atoms with E-state index in [-0.39, 0.29) is 17.7 Å². The van der Waals surface area contributed by atoms with Gasteiger partial charge in [0.15, 0.2) is 5.78 Å². The lowest BCUT2D eigenvalue weighted by Gasteiger charge is -2.26. The SMILES string of the molecule is CCCCCC(=O)OCCCc1ccc(C(=O)C2CCC(CN)CC2)cc1. The number of nitrogens with two attached hydrogens (primary N) is 1. The molecule has 2 N–H and O–H groups in total. The highest BCUT2D eigenvalue weighted by Crippen LogP contribution is 2.30. The summed E-state index contributed by atoms with van der Waals surface area (Å²) in [4.78, 5) is 24.2. The van der Waals surface area contributed by atoms with Crippen LogP contribution in [-0.4, -0.2) is 24.9 Å². The Hall–Kier alpha value is -1.68. The van der Waals surface area contributed by atoms with Crippen LogP contribution in [0.3, 0.4) is 0 Å². The first-order chi connectivity index (χ1) is 13.1. The lowest BCUT2D eigenvalue weighted by atomic mass is 9.78. The zero-order chi connectivity index (χ0) is 19.5. The van der Waals surface area contributed by atoms with Crippen LogP contribution in [0.1, 0.15) is 80.6 Å². The molecule has 27 heavy (non-hydrogen) atoms. The summed E-state index contributed by atoms with van der Waals surface area (Å²) >= 11 is 0. The maximum absolute atomic E-state index is 12.7. The zero-order valence-corrected chi connectivity index (χ0v) is 16.8. The van der Waals surface area contributed by atoms with Gasteiger partial charge in [0.2, 0.25) is 0 Å². The van der Waals surface area contributed by atoms with Crippen molar-refractivity contribution in [1.29, 1.82) is 0 Å². The van der Waals surface area contributed by atoms with Gasteiger partial charge in [-0.2, -0.15) is 0 Å². The minimum absolute atomic E-state index is 0.0891. The first-order valence-electron chi connectivity index (χ1n) is 10.6. The van der Waals surface area contributed by atoms with Crippen LogP contribution in [-0.2, 0) is 16.0 Å². The molecule has 4 nitrogen and oxygen atoms in total. The number of rotatable bonds is 11. The molecule has 0 spiro atoms. The van der Waals surface area contributed by atoms with E-state index < -0.39 is 0 Å². The van der Waals surface area contributed by atoms with Gasteiger partial charge >= 0.3 is 5.97 Å². The van der Waals surface area contributed by atoms with E-state index >= 15 is 0 Å². The molecule has 0 aromatic heterocycles. The molecule has 0 bridgehead atoms. The van der Waals surface area contributed by atoms with Gasteiger partial charge in [0, 0.05) is 17.9 Å². The lowest BCUT2D eigenvalue weighted by molar-refractivity contribution is -0.143. The first kappa shape index (κ1) is 21.6. The number of aryl methyl sites for hydroxylation is 1. The van der Waals surface area contributed by atoms with Crippen LogP contribution < -0.4 is 5.73 Å². The van der Waals surface area contributed by atoms with Gasteiger partial charge in [-0.05, 0) is 63.0 Å². The highest BCUT2D eigenvalue weighted by atomic mass is 16.5. The molecule has 1 aromatic carbocycles. The summed E-state index contributed by atoms with van der Waals surface area (Å²) in [5, 5.41) is 0. The summed E-state index contributed by atoms with van der Waals surface area (Å²) in [6.45, 7) is 3.33. The van der Waals surface area contributed by atoms with Crippen molar-refractivity contribution in [2.24, 2.45) is 17.6 Å². The Kier molecular flexibility index (Phi) is 9.54. The van der Waals surface area contributed by atoms with E-state index in [2.05, 4.69) is 6.92 Å². The monoisotopic (exact) mass is 373 g/mol. The predicted molar refractivity (Wildman–Crippen MR) is 109 cm³/mol. The third-order valence-corrected chi connectivity index (χ3v) is 5.65. The fourth-order valence-corrected chi connectivity index (χ4v) is 3.79. The summed E-state index contributed by atoms with van der Waals surface area (Å²) in [6, 6.07) is 7.95. The second-order valence-electron chi connectivity index (χ2n) is 7.80. The van der Waals surface area contributed by atoms with Crippen LogP contribution in [0, 0.1) is 11.8 Å². The fraction of sp³-hybridized carbons (Fsp3) is 0.652. The van der Waals surface area contributed by atoms with E-state index in [0.717, 1.165) is 69.9 Å². The van der Waals surface area contributed by atoms with E-state index in [1.54, 1.807) is 0 Å². The quantitative estimate of drug-likeness (QED) is 0.347. The molecule has 150 valence electrons. The third-order valence-electron chi connectivity index (χ3n) is 5.65. The maximum Gasteiger partial charge on any atom is 0.305 e. The van der Waals surface area contributed by atoms with Crippen LogP contribution in [0.15, 0.2) is 24.3 Å². The van der Waals surface area contributed by atoms with Crippen molar-refractivity contribution in [1.82, 2.24) is 0 Å². The molecular weight excluding hydrogens is 338 g/mol. The predicted octanol–water partition coefficient (Wildman–Crippen LogP) is 4.69. The zero-order valence-electron chi connectivity index (χ0n) is 16.8. The minimum Gasteiger partial charge on any atom is -0.466 e. The molecule has 0 radical (unpaired) electrons. The van der Waals surface area contributed by atoms with Gasteiger partial charge in [-0.25, -0.2) is 0 Å². The Bertz CT molecular complexity index is 574.